The number of imidazole rings is 1. The molecule has 0 unspecified atom stereocenters. The van der Waals surface area contributed by atoms with Gasteiger partial charge >= 0.3 is 0 Å². The van der Waals surface area contributed by atoms with E-state index in [0.29, 0.717) is 5.52 Å². The van der Waals surface area contributed by atoms with E-state index in [0.717, 1.165) is 22.9 Å². The summed E-state index contributed by atoms with van der Waals surface area (Å²) in [7, 11) is 0. The first kappa shape index (κ1) is 12.6. The molecule has 3 aromatic rings. The zero-order valence-electron chi connectivity index (χ0n) is 11.1. The molecule has 0 fully saturated rings. The number of nitrogen functional groups attached to an aromatic ring is 1. The first-order chi connectivity index (χ1) is 9.47. The van der Waals surface area contributed by atoms with Crippen LogP contribution in [0.1, 0.15) is 11.1 Å². The summed E-state index contributed by atoms with van der Waals surface area (Å²) in [5, 5.41) is 0. The van der Waals surface area contributed by atoms with E-state index in [2.05, 4.69) is 4.98 Å². The summed E-state index contributed by atoms with van der Waals surface area (Å²) in [5.41, 5.74) is 9.04. The molecule has 5 heteroatoms. The van der Waals surface area contributed by atoms with E-state index in [4.69, 9.17) is 5.73 Å². The second-order valence-corrected chi connectivity index (χ2v) is 4.85. The normalized spacial score (nSPS) is 11.2. The van der Waals surface area contributed by atoms with Crippen LogP contribution in [-0.4, -0.2) is 9.55 Å². The number of hydrogen-bond donors (Lipinski definition) is 1. The molecular formula is C15H13F2N3. The standard InChI is InChI=1S/C15H13F2N3/c1-8-3-4-9(2)12(5-8)20-13-7-10(16)6-11(17)14(13)19-15(20)18/h3-7H,1-2H3,(H2,18,19). The van der Waals surface area contributed by atoms with E-state index in [-0.39, 0.29) is 11.5 Å². The first-order valence-electron chi connectivity index (χ1n) is 6.18. The van der Waals surface area contributed by atoms with E-state index in [1.807, 2.05) is 32.0 Å². The predicted molar refractivity (Wildman–Crippen MR) is 74.9 cm³/mol. The number of fused-ring (bicyclic) bond motifs is 1. The van der Waals surface area contributed by atoms with Gasteiger partial charge in [0.1, 0.15) is 11.3 Å². The second-order valence-electron chi connectivity index (χ2n) is 4.85. The Morgan fingerprint density at radius 3 is 2.60 bits per heavy atom. The first-order valence-corrected chi connectivity index (χ1v) is 6.18. The van der Waals surface area contributed by atoms with Gasteiger partial charge in [0.2, 0.25) is 5.95 Å². The highest BCUT2D eigenvalue weighted by Crippen LogP contribution is 2.28. The van der Waals surface area contributed by atoms with Crippen molar-refractivity contribution in [3.63, 3.8) is 0 Å². The third-order valence-corrected chi connectivity index (χ3v) is 3.31. The fourth-order valence-corrected chi connectivity index (χ4v) is 2.34. The Labute approximate surface area is 114 Å². The summed E-state index contributed by atoms with van der Waals surface area (Å²) in [6.07, 6.45) is 0. The topological polar surface area (TPSA) is 43.8 Å². The number of anilines is 1. The van der Waals surface area contributed by atoms with Gasteiger partial charge < -0.3 is 5.73 Å². The lowest BCUT2D eigenvalue weighted by molar-refractivity contribution is 0.590. The minimum atomic E-state index is -0.712. The molecular weight excluding hydrogens is 260 g/mol. The van der Waals surface area contributed by atoms with Crippen LogP contribution < -0.4 is 5.73 Å². The van der Waals surface area contributed by atoms with E-state index < -0.39 is 11.6 Å². The van der Waals surface area contributed by atoms with Crippen molar-refractivity contribution in [2.75, 3.05) is 5.73 Å². The van der Waals surface area contributed by atoms with Crippen LogP contribution in [0, 0.1) is 25.5 Å². The van der Waals surface area contributed by atoms with E-state index >= 15 is 0 Å². The molecule has 0 aliphatic carbocycles. The van der Waals surface area contributed by atoms with Crippen molar-refractivity contribution >= 4 is 17.0 Å². The highest BCUT2D eigenvalue weighted by atomic mass is 19.1. The van der Waals surface area contributed by atoms with Crippen molar-refractivity contribution < 1.29 is 8.78 Å². The lowest BCUT2D eigenvalue weighted by Gasteiger charge is -2.11. The molecule has 0 amide bonds. The van der Waals surface area contributed by atoms with Crippen molar-refractivity contribution in [3.8, 4) is 5.69 Å². The number of aromatic nitrogens is 2. The number of hydrogen-bond acceptors (Lipinski definition) is 2. The molecule has 0 atom stereocenters. The predicted octanol–water partition coefficient (Wildman–Crippen LogP) is 3.50. The monoisotopic (exact) mass is 273 g/mol. The average Bonchev–Trinajstić information content (AvgIpc) is 2.69. The summed E-state index contributed by atoms with van der Waals surface area (Å²) < 4.78 is 28.8. The zero-order valence-corrected chi connectivity index (χ0v) is 11.1. The third-order valence-electron chi connectivity index (χ3n) is 3.31. The Hall–Kier alpha value is -2.43. The van der Waals surface area contributed by atoms with E-state index in [9.17, 15) is 8.78 Å². The van der Waals surface area contributed by atoms with E-state index in [1.165, 1.54) is 6.07 Å². The lowest BCUT2D eigenvalue weighted by Crippen LogP contribution is -2.03. The number of nitrogens with two attached hydrogens (primary N) is 1. The van der Waals surface area contributed by atoms with Gasteiger partial charge in [-0.05, 0) is 31.0 Å². The largest absolute Gasteiger partial charge is 0.369 e. The summed E-state index contributed by atoms with van der Waals surface area (Å²) >= 11 is 0. The average molecular weight is 273 g/mol. The summed E-state index contributed by atoms with van der Waals surface area (Å²) in [5.74, 6) is -1.23. The third kappa shape index (κ3) is 1.82. The molecule has 0 bridgehead atoms. The van der Waals surface area contributed by atoms with Gasteiger partial charge in [0.15, 0.2) is 5.82 Å². The van der Waals surface area contributed by atoms with Crippen LogP contribution in [0.5, 0.6) is 0 Å². The Morgan fingerprint density at radius 1 is 1.10 bits per heavy atom. The van der Waals surface area contributed by atoms with Crippen LogP contribution in [-0.2, 0) is 0 Å². The van der Waals surface area contributed by atoms with Gasteiger partial charge in [-0.25, -0.2) is 13.8 Å². The summed E-state index contributed by atoms with van der Waals surface area (Å²) in [6.45, 7) is 3.86. The molecule has 102 valence electrons. The van der Waals surface area contributed by atoms with E-state index in [1.54, 1.807) is 4.57 Å². The molecule has 0 saturated heterocycles. The van der Waals surface area contributed by atoms with Crippen LogP contribution in [0.2, 0.25) is 0 Å². The van der Waals surface area contributed by atoms with Gasteiger partial charge in [0.05, 0.1) is 11.2 Å². The molecule has 2 N–H and O–H groups in total. The summed E-state index contributed by atoms with van der Waals surface area (Å²) in [6, 6.07) is 7.86. The number of aryl methyl sites for hydroxylation is 2. The van der Waals surface area contributed by atoms with Crippen molar-refractivity contribution in [1.82, 2.24) is 9.55 Å². The zero-order chi connectivity index (χ0) is 14.4. The van der Waals surface area contributed by atoms with Gasteiger partial charge in [-0.2, -0.15) is 0 Å². The Balaban J connectivity index is 2.42. The van der Waals surface area contributed by atoms with Crippen molar-refractivity contribution in [3.05, 3.63) is 53.1 Å². The molecule has 1 heterocycles. The maximum absolute atomic E-state index is 13.8. The van der Waals surface area contributed by atoms with Crippen molar-refractivity contribution in [1.29, 1.82) is 0 Å². The molecule has 0 radical (unpaired) electrons. The van der Waals surface area contributed by atoms with Crippen LogP contribution in [0.4, 0.5) is 14.7 Å². The molecule has 20 heavy (non-hydrogen) atoms. The number of halogens is 2. The lowest BCUT2D eigenvalue weighted by atomic mass is 10.1. The second kappa shape index (κ2) is 4.30. The van der Waals surface area contributed by atoms with Gasteiger partial charge in [-0.15, -0.1) is 0 Å². The Bertz CT molecular complexity index is 822. The SMILES string of the molecule is Cc1ccc(C)c(-n2c(N)nc3c(F)cc(F)cc32)c1. The smallest absolute Gasteiger partial charge is 0.206 e. The quantitative estimate of drug-likeness (QED) is 0.737. The number of benzene rings is 2. The maximum Gasteiger partial charge on any atom is 0.206 e. The fraction of sp³-hybridized carbons (Fsp3) is 0.133. The summed E-state index contributed by atoms with van der Waals surface area (Å²) in [4.78, 5) is 4.00. The Morgan fingerprint density at radius 2 is 1.85 bits per heavy atom. The van der Waals surface area contributed by atoms with Gasteiger partial charge in [0.25, 0.3) is 0 Å². The molecule has 3 rings (SSSR count). The van der Waals surface area contributed by atoms with Gasteiger partial charge in [-0.1, -0.05) is 12.1 Å². The van der Waals surface area contributed by atoms with Gasteiger partial charge in [0, 0.05) is 12.1 Å². The number of nitrogens with zero attached hydrogens (tertiary/aromatic N) is 2. The van der Waals surface area contributed by atoms with Crippen LogP contribution in [0.15, 0.2) is 30.3 Å². The Kier molecular flexibility index (Phi) is 2.71. The molecule has 0 spiro atoms. The maximum atomic E-state index is 13.8. The molecule has 1 aromatic heterocycles. The van der Waals surface area contributed by atoms with Crippen LogP contribution in [0.25, 0.3) is 16.7 Å². The van der Waals surface area contributed by atoms with Crippen molar-refractivity contribution in [2.45, 2.75) is 13.8 Å². The molecule has 0 aliphatic heterocycles. The highest BCUT2D eigenvalue weighted by Gasteiger charge is 2.16. The molecule has 2 aromatic carbocycles. The molecule has 0 saturated carbocycles. The van der Waals surface area contributed by atoms with Crippen LogP contribution in [0.3, 0.4) is 0 Å². The fourth-order valence-electron chi connectivity index (χ4n) is 2.34. The minimum absolute atomic E-state index is 0.0739. The molecule has 0 aliphatic rings. The molecule has 3 nitrogen and oxygen atoms in total. The minimum Gasteiger partial charge on any atom is -0.369 e. The number of rotatable bonds is 1. The van der Waals surface area contributed by atoms with Crippen LogP contribution >= 0.6 is 0 Å². The van der Waals surface area contributed by atoms with Gasteiger partial charge in [-0.3, -0.25) is 4.57 Å². The van der Waals surface area contributed by atoms with Crippen molar-refractivity contribution in [2.24, 2.45) is 0 Å². The highest BCUT2D eigenvalue weighted by molar-refractivity contribution is 5.82.